The van der Waals surface area contributed by atoms with Crippen molar-refractivity contribution in [3.8, 4) is 0 Å². The van der Waals surface area contributed by atoms with Crippen LogP contribution in [0.5, 0.6) is 0 Å². The number of rotatable bonds is 12. The number of hydrogen-bond donors (Lipinski definition) is 5. The highest BCUT2D eigenvalue weighted by Crippen LogP contribution is 2.23. The van der Waals surface area contributed by atoms with Crippen molar-refractivity contribution in [2.75, 3.05) is 11.5 Å². The van der Waals surface area contributed by atoms with E-state index in [1.807, 2.05) is 6.92 Å². The molecule has 0 aliphatic rings. The van der Waals surface area contributed by atoms with Gasteiger partial charge < -0.3 is 27.0 Å². The van der Waals surface area contributed by atoms with Gasteiger partial charge in [-0.1, -0.05) is 29.8 Å². The number of anilines is 2. The van der Waals surface area contributed by atoms with Gasteiger partial charge >= 0.3 is 11.9 Å². The summed E-state index contributed by atoms with van der Waals surface area (Å²) in [6, 6.07) is 10.8. The van der Waals surface area contributed by atoms with E-state index in [2.05, 4.69) is 25.3 Å². The van der Waals surface area contributed by atoms with E-state index in [1.54, 1.807) is 12.1 Å². The highest BCUT2D eigenvalue weighted by atomic mass is 32.2. The monoisotopic (exact) mass is 608 g/mol. The molecule has 0 aliphatic heterocycles. The molecule has 2 aromatic carbocycles. The highest BCUT2D eigenvalue weighted by molar-refractivity contribution is 7.89. The predicted molar refractivity (Wildman–Crippen MR) is 154 cm³/mol. The van der Waals surface area contributed by atoms with Crippen molar-refractivity contribution in [1.82, 2.24) is 29.6 Å². The largest absolute Gasteiger partial charge is 0.481 e. The lowest BCUT2D eigenvalue weighted by Gasteiger charge is -2.22. The minimum absolute atomic E-state index is 0.00763. The maximum absolute atomic E-state index is 13.7. The molecule has 0 saturated carbocycles. The molecule has 16 heteroatoms. The van der Waals surface area contributed by atoms with Crippen LogP contribution in [0.1, 0.15) is 40.0 Å². The van der Waals surface area contributed by atoms with Crippen molar-refractivity contribution < 1.29 is 33.0 Å². The van der Waals surface area contributed by atoms with Crippen LogP contribution < -0.4 is 16.8 Å². The SMILES string of the molecule is Cc1ccc(S(=O)(=O)N(Cc2ccc(C(=O)N[C@@H](CCC(=O)O)C(=O)O)cc2)Cc2cnc3nc(N)nc(N)c3n2)cc1. The Labute approximate surface area is 245 Å². The summed E-state index contributed by atoms with van der Waals surface area (Å²) in [5, 5.41) is 20.4. The summed E-state index contributed by atoms with van der Waals surface area (Å²) in [5.41, 5.74) is 13.6. The van der Waals surface area contributed by atoms with Crippen molar-refractivity contribution in [1.29, 1.82) is 0 Å². The second-order valence-corrected chi connectivity index (χ2v) is 11.5. The van der Waals surface area contributed by atoms with Gasteiger partial charge in [0.2, 0.25) is 16.0 Å². The molecule has 0 unspecified atom stereocenters. The van der Waals surface area contributed by atoms with E-state index in [0.717, 1.165) is 5.56 Å². The van der Waals surface area contributed by atoms with Crippen LogP contribution in [-0.4, -0.2) is 66.8 Å². The number of nitrogen functional groups attached to an aromatic ring is 2. The molecule has 0 aliphatic carbocycles. The van der Waals surface area contributed by atoms with Crippen LogP contribution in [0.25, 0.3) is 11.2 Å². The number of aromatic nitrogens is 4. The molecule has 0 spiro atoms. The number of benzene rings is 2. The maximum Gasteiger partial charge on any atom is 0.326 e. The van der Waals surface area contributed by atoms with E-state index in [4.69, 9.17) is 16.6 Å². The van der Waals surface area contributed by atoms with Crippen LogP contribution in [0.15, 0.2) is 59.6 Å². The Kier molecular flexibility index (Phi) is 9.11. The van der Waals surface area contributed by atoms with Crippen LogP contribution in [0.3, 0.4) is 0 Å². The first-order valence-corrected chi connectivity index (χ1v) is 14.2. The van der Waals surface area contributed by atoms with Gasteiger partial charge in [-0.15, -0.1) is 0 Å². The van der Waals surface area contributed by atoms with E-state index in [-0.39, 0.29) is 58.6 Å². The van der Waals surface area contributed by atoms with Crippen LogP contribution in [0, 0.1) is 6.92 Å². The van der Waals surface area contributed by atoms with Gasteiger partial charge in [-0.2, -0.15) is 14.3 Å². The van der Waals surface area contributed by atoms with Gasteiger partial charge in [-0.3, -0.25) is 9.59 Å². The third-order valence-electron chi connectivity index (χ3n) is 6.32. The molecule has 0 fully saturated rings. The van der Waals surface area contributed by atoms with Crippen LogP contribution in [0.2, 0.25) is 0 Å². The highest BCUT2D eigenvalue weighted by Gasteiger charge is 2.27. The molecule has 2 aromatic heterocycles. The number of aliphatic carboxylic acids is 2. The van der Waals surface area contributed by atoms with Gasteiger partial charge in [0.05, 0.1) is 23.3 Å². The molecule has 0 radical (unpaired) electrons. The first kappa shape index (κ1) is 30.7. The number of carboxylic acids is 2. The summed E-state index contributed by atoms with van der Waals surface area (Å²) in [6.45, 7) is 1.51. The number of aryl methyl sites for hydroxylation is 1. The number of carbonyl (C=O) groups is 3. The third kappa shape index (κ3) is 7.55. The fourth-order valence-electron chi connectivity index (χ4n) is 4.06. The zero-order chi connectivity index (χ0) is 31.3. The molecule has 15 nitrogen and oxygen atoms in total. The van der Waals surface area contributed by atoms with E-state index in [9.17, 15) is 27.9 Å². The lowest BCUT2D eigenvalue weighted by molar-refractivity contribution is -0.140. The van der Waals surface area contributed by atoms with Crippen LogP contribution in [-0.2, 0) is 32.7 Å². The number of sulfonamides is 1. The summed E-state index contributed by atoms with van der Waals surface area (Å²) < 4.78 is 28.7. The predicted octanol–water partition coefficient (Wildman–Crippen LogP) is 1.33. The molecule has 4 aromatic rings. The summed E-state index contributed by atoms with van der Waals surface area (Å²) in [7, 11) is -4.06. The molecule has 0 bridgehead atoms. The Morgan fingerprint density at radius 3 is 2.26 bits per heavy atom. The zero-order valence-electron chi connectivity index (χ0n) is 22.8. The number of nitrogens with one attached hydrogen (secondary N) is 1. The molecule has 1 amide bonds. The maximum atomic E-state index is 13.7. The first-order chi connectivity index (χ1) is 20.3. The Morgan fingerprint density at radius 1 is 0.953 bits per heavy atom. The van der Waals surface area contributed by atoms with E-state index >= 15 is 0 Å². The van der Waals surface area contributed by atoms with Gasteiger partial charge in [0, 0.05) is 18.5 Å². The second kappa shape index (κ2) is 12.7. The minimum Gasteiger partial charge on any atom is -0.481 e. The van der Waals surface area contributed by atoms with Gasteiger partial charge in [-0.25, -0.2) is 23.2 Å². The molecule has 1 atom stereocenters. The Bertz CT molecular complexity index is 1780. The summed E-state index contributed by atoms with van der Waals surface area (Å²) in [5.74, 6) is -3.36. The Hall–Kier alpha value is -5.22. The fourth-order valence-corrected chi connectivity index (χ4v) is 5.46. The van der Waals surface area contributed by atoms with Crippen LogP contribution in [0.4, 0.5) is 11.8 Å². The molecule has 2 heterocycles. The number of nitrogens with zero attached hydrogens (tertiary/aromatic N) is 5. The summed E-state index contributed by atoms with van der Waals surface area (Å²) >= 11 is 0. The number of carboxylic acid groups (broad SMARTS) is 2. The van der Waals surface area contributed by atoms with Crippen LogP contribution >= 0.6 is 0 Å². The number of carbonyl (C=O) groups excluding carboxylic acids is 1. The Morgan fingerprint density at radius 2 is 1.63 bits per heavy atom. The topological polar surface area (TPSA) is 245 Å². The molecule has 7 N–H and O–H groups in total. The number of fused-ring (bicyclic) bond motifs is 1. The van der Waals surface area contributed by atoms with E-state index in [1.165, 1.54) is 46.9 Å². The van der Waals surface area contributed by atoms with Gasteiger partial charge in [0.25, 0.3) is 5.91 Å². The third-order valence-corrected chi connectivity index (χ3v) is 8.13. The average Bonchev–Trinajstić information content (AvgIpc) is 2.95. The molecule has 0 saturated heterocycles. The van der Waals surface area contributed by atoms with Crippen molar-refractivity contribution in [2.45, 2.75) is 43.8 Å². The second-order valence-electron chi connectivity index (χ2n) is 9.58. The molecule has 4 rings (SSSR count). The smallest absolute Gasteiger partial charge is 0.326 e. The number of amides is 1. The number of nitrogens with two attached hydrogens (primary N) is 2. The zero-order valence-corrected chi connectivity index (χ0v) is 23.7. The quantitative estimate of drug-likeness (QED) is 0.152. The average molecular weight is 609 g/mol. The van der Waals surface area contributed by atoms with E-state index < -0.39 is 40.3 Å². The summed E-state index contributed by atoms with van der Waals surface area (Å²) in [6.07, 6.45) is 0.641. The lowest BCUT2D eigenvalue weighted by Crippen LogP contribution is -2.41. The van der Waals surface area contributed by atoms with Gasteiger partial charge in [0.15, 0.2) is 17.0 Å². The molecule has 43 heavy (non-hydrogen) atoms. The van der Waals surface area contributed by atoms with Crippen molar-refractivity contribution in [3.05, 3.63) is 77.1 Å². The van der Waals surface area contributed by atoms with Gasteiger partial charge in [-0.05, 0) is 43.2 Å². The van der Waals surface area contributed by atoms with Crippen molar-refractivity contribution in [2.24, 2.45) is 0 Å². The lowest BCUT2D eigenvalue weighted by atomic mass is 10.1. The van der Waals surface area contributed by atoms with E-state index in [0.29, 0.717) is 5.56 Å². The number of hydrogen-bond acceptors (Lipinski definition) is 11. The molecular formula is C27H28N8O7S. The normalized spacial score (nSPS) is 12.2. The summed E-state index contributed by atoms with van der Waals surface area (Å²) in [4.78, 5) is 51.4. The van der Waals surface area contributed by atoms with Crippen molar-refractivity contribution in [3.63, 3.8) is 0 Å². The minimum atomic E-state index is -4.06. The first-order valence-electron chi connectivity index (χ1n) is 12.8. The van der Waals surface area contributed by atoms with Gasteiger partial charge in [0.1, 0.15) is 6.04 Å². The fraction of sp³-hybridized carbons (Fsp3) is 0.222. The Balaban J connectivity index is 1.60. The molecular weight excluding hydrogens is 580 g/mol. The van der Waals surface area contributed by atoms with Crippen molar-refractivity contribution >= 4 is 50.8 Å². The molecule has 224 valence electrons. The standard InChI is InChI=1S/C27H28N8O7S/c1-15-2-8-19(9-3-15)43(41,42)35(14-18-12-30-24-22(31-18)23(28)33-27(29)34-24)13-16-4-6-17(7-5-16)25(38)32-20(26(39)40)10-11-21(36)37/h2-9,12,20H,10-11,13-14H2,1H3,(H,32,38)(H,36,37)(H,39,40)(H4,28,29,30,33,34)/t20-/m0/s1.